The van der Waals surface area contributed by atoms with E-state index in [1.54, 1.807) is 0 Å². The van der Waals surface area contributed by atoms with Crippen molar-refractivity contribution in [2.45, 2.75) is 46.5 Å². The van der Waals surface area contributed by atoms with Crippen LogP contribution in [0.15, 0.2) is 4.52 Å². The highest BCUT2D eigenvalue weighted by Gasteiger charge is 2.18. The van der Waals surface area contributed by atoms with Crippen LogP contribution in [-0.4, -0.2) is 18.2 Å². The maximum absolute atomic E-state index is 11.3. The lowest BCUT2D eigenvalue weighted by Crippen LogP contribution is -2.08. The van der Waals surface area contributed by atoms with Gasteiger partial charge in [0, 0.05) is 12.0 Å². The van der Waals surface area contributed by atoms with E-state index in [1.807, 2.05) is 0 Å². The standard InChI is InChI=1S/C13H21NO3/c1-5-6-12-10(7-9(2)3)11(14-17-12)8-13(15)16-4/h9H,5-8H2,1-4H3. The Hall–Kier alpha value is -1.32. The molecular weight excluding hydrogens is 218 g/mol. The predicted octanol–water partition coefficient (Wildman–Crippen LogP) is 2.54. The molecule has 1 heterocycles. The number of carbonyl (C=O) groups excluding carboxylic acids is 1. The average Bonchev–Trinajstić information content (AvgIpc) is 2.62. The average molecular weight is 239 g/mol. The van der Waals surface area contributed by atoms with Crippen molar-refractivity contribution >= 4 is 5.97 Å². The zero-order valence-corrected chi connectivity index (χ0v) is 11.1. The highest BCUT2D eigenvalue weighted by molar-refractivity contribution is 5.72. The molecule has 0 aliphatic rings. The fourth-order valence-electron chi connectivity index (χ4n) is 1.79. The van der Waals surface area contributed by atoms with Crippen molar-refractivity contribution in [3.05, 3.63) is 17.0 Å². The van der Waals surface area contributed by atoms with E-state index in [2.05, 4.69) is 30.7 Å². The van der Waals surface area contributed by atoms with Crippen LogP contribution in [-0.2, 0) is 28.8 Å². The van der Waals surface area contributed by atoms with E-state index in [0.717, 1.165) is 36.3 Å². The molecule has 17 heavy (non-hydrogen) atoms. The van der Waals surface area contributed by atoms with Gasteiger partial charge in [0.25, 0.3) is 0 Å². The Morgan fingerprint density at radius 1 is 1.47 bits per heavy atom. The van der Waals surface area contributed by atoms with Crippen molar-refractivity contribution in [2.24, 2.45) is 5.92 Å². The molecule has 0 amide bonds. The quantitative estimate of drug-likeness (QED) is 0.716. The van der Waals surface area contributed by atoms with Gasteiger partial charge in [0.15, 0.2) is 0 Å². The SMILES string of the molecule is CCCc1onc(CC(=O)OC)c1CC(C)C. The fraction of sp³-hybridized carbons (Fsp3) is 0.692. The molecule has 0 spiro atoms. The molecular formula is C13H21NO3. The third-order valence-electron chi connectivity index (χ3n) is 2.58. The third-order valence-corrected chi connectivity index (χ3v) is 2.58. The summed E-state index contributed by atoms with van der Waals surface area (Å²) in [6, 6.07) is 0. The van der Waals surface area contributed by atoms with Crippen LogP contribution in [0.2, 0.25) is 0 Å². The van der Waals surface area contributed by atoms with E-state index in [-0.39, 0.29) is 12.4 Å². The minimum Gasteiger partial charge on any atom is -0.469 e. The summed E-state index contributed by atoms with van der Waals surface area (Å²) in [4.78, 5) is 11.3. The Bertz CT molecular complexity index is 369. The Balaban J connectivity index is 2.91. The van der Waals surface area contributed by atoms with Crippen LogP contribution < -0.4 is 0 Å². The van der Waals surface area contributed by atoms with Gasteiger partial charge in [-0.05, 0) is 18.8 Å². The molecule has 0 saturated heterocycles. The number of hydrogen-bond donors (Lipinski definition) is 0. The van der Waals surface area contributed by atoms with E-state index in [1.165, 1.54) is 7.11 Å². The van der Waals surface area contributed by atoms with Gasteiger partial charge in [-0.3, -0.25) is 4.79 Å². The van der Waals surface area contributed by atoms with Gasteiger partial charge in [0.1, 0.15) is 5.76 Å². The van der Waals surface area contributed by atoms with Crippen molar-refractivity contribution < 1.29 is 14.1 Å². The Kier molecular flexibility index (Phi) is 5.19. The van der Waals surface area contributed by atoms with Crippen molar-refractivity contribution in [1.29, 1.82) is 0 Å². The normalized spacial score (nSPS) is 10.9. The summed E-state index contributed by atoms with van der Waals surface area (Å²) in [5, 5.41) is 4.00. The van der Waals surface area contributed by atoms with Gasteiger partial charge in [-0.2, -0.15) is 0 Å². The van der Waals surface area contributed by atoms with Gasteiger partial charge in [-0.25, -0.2) is 0 Å². The first-order chi connectivity index (χ1) is 8.08. The van der Waals surface area contributed by atoms with Gasteiger partial charge < -0.3 is 9.26 Å². The maximum Gasteiger partial charge on any atom is 0.311 e. The Morgan fingerprint density at radius 3 is 2.71 bits per heavy atom. The van der Waals surface area contributed by atoms with Crippen LogP contribution in [0.3, 0.4) is 0 Å². The van der Waals surface area contributed by atoms with Crippen LogP contribution >= 0.6 is 0 Å². The zero-order chi connectivity index (χ0) is 12.8. The van der Waals surface area contributed by atoms with Gasteiger partial charge in [0.05, 0.1) is 19.2 Å². The minimum absolute atomic E-state index is 0.200. The lowest BCUT2D eigenvalue weighted by atomic mass is 9.98. The molecule has 4 heteroatoms. The zero-order valence-electron chi connectivity index (χ0n) is 11.1. The molecule has 0 aromatic carbocycles. The summed E-state index contributed by atoms with van der Waals surface area (Å²) in [7, 11) is 1.39. The van der Waals surface area contributed by atoms with Crippen LogP contribution in [0.5, 0.6) is 0 Å². The first-order valence-electron chi connectivity index (χ1n) is 6.11. The topological polar surface area (TPSA) is 52.3 Å². The minimum atomic E-state index is -0.272. The number of aromatic nitrogens is 1. The van der Waals surface area contributed by atoms with E-state index >= 15 is 0 Å². The van der Waals surface area contributed by atoms with E-state index in [9.17, 15) is 4.79 Å². The lowest BCUT2D eigenvalue weighted by Gasteiger charge is -2.06. The van der Waals surface area contributed by atoms with Crippen LogP contribution in [0.25, 0.3) is 0 Å². The first-order valence-corrected chi connectivity index (χ1v) is 6.11. The number of esters is 1. The molecule has 1 rings (SSSR count). The first kappa shape index (κ1) is 13.7. The molecule has 4 nitrogen and oxygen atoms in total. The highest BCUT2D eigenvalue weighted by Crippen LogP contribution is 2.20. The second kappa shape index (κ2) is 6.42. The third kappa shape index (κ3) is 3.88. The van der Waals surface area contributed by atoms with Gasteiger partial charge >= 0.3 is 5.97 Å². The summed E-state index contributed by atoms with van der Waals surface area (Å²) in [5.41, 5.74) is 1.82. The largest absolute Gasteiger partial charge is 0.469 e. The second-order valence-corrected chi connectivity index (χ2v) is 4.63. The monoisotopic (exact) mass is 239 g/mol. The Labute approximate surface area is 102 Å². The maximum atomic E-state index is 11.3. The number of carbonyl (C=O) groups is 1. The van der Waals surface area contributed by atoms with E-state index in [4.69, 9.17) is 4.52 Å². The van der Waals surface area contributed by atoms with E-state index in [0.29, 0.717) is 5.92 Å². The molecule has 0 unspecified atom stereocenters. The summed E-state index contributed by atoms with van der Waals surface area (Å²) in [5.74, 6) is 1.16. The van der Waals surface area contributed by atoms with Crippen molar-refractivity contribution in [2.75, 3.05) is 7.11 Å². The van der Waals surface area contributed by atoms with Gasteiger partial charge in [-0.15, -0.1) is 0 Å². The molecule has 96 valence electrons. The molecule has 1 aromatic rings. The fourth-order valence-corrected chi connectivity index (χ4v) is 1.79. The molecule has 1 aromatic heterocycles. The van der Waals surface area contributed by atoms with E-state index < -0.39 is 0 Å². The van der Waals surface area contributed by atoms with Gasteiger partial charge in [-0.1, -0.05) is 25.9 Å². The molecule has 0 atom stereocenters. The number of hydrogen-bond acceptors (Lipinski definition) is 4. The number of aryl methyl sites for hydroxylation is 1. The molecule has 0 bridgehead atoms. The number of nitrogens with zero attached hydrogens (tertiary/aromatic N) is 1. The van der Waals surface area contributed by atoms with Crippen molar-refractivity contribution in [3.8, 4) is 0 Å². The summed E-state index contributed by atoms with van der Waals surface area (Å²) < 4.78 is 9.99. The molecule has 0 saturated carbocycles. The molecule has 0 N–H and O–H groups in total. The molecule has 0 radical (unpaired) electrons. The van der Waals surface area contributed by atoms with Crippen LogP contribution in [0.1, 0.15) is 44.2 Å². The summed E-state index contributed by atoms with van der Waals surface area (Å²) in [6.07, 6.45) is 2.98. The van der Waals surface area contributed by atoms with Crippen molar-refractivity contribution in [3.63, 3.8) is 0 Å². The van der Waals surface area contributed by atoms with Crippen LogP contribution in [0.4, 0.5) is 0 Å². The van der Waals surface area contributed by atoms with Crippen molar-refractivity contribution in [1.82, 2.24) is 5.16 Å². The smallest absolute Gasteiger partial charge is 0.311 e. The van der Waals surface area contributed by atoms with Crippen LogP contribution in [0, 0.1) is 5.92 Å². The van der Waals surface area contributed by atoms with Gasteiger partial charge in [0.2, 0.25) is 0 Å². The summed E-state index contributed by atoms with van der Waals surface area (Å²) in [6.45, 7) is 6.39. The highest BCUT2D eigenvalue weighted by atomic mass is 16.5. The number of rotatable bonds is 6. The Morgan fingerprint density at radius 2 is 2.18 bits per heavy atom. The lowest BCUT2D eigenvalue weighted by molar-refractivity contribution is -0.139. The number of ether oxygens (including phenoxy) is 1. The summed E-state index contributed by atoms with van der Waals surface area (Å²) >= 11 is 0. The molecule has 0 fully saturated rings. The molecule has 0 aliphatic carbocycles. The molecule has 0 aliphatic heterocycles. The predicted molar refractivity (Wildman–Crippen MR) is 64.8 cm³/mol. The second-order valence-electron chi connectivity index (χ2n) is 4.63. The number of methoxy groups -OCH3 is 1.